The number of carbonyl (C=O) groups is 2. The van der Waals surface area contributed by atoms with Crippen molar-refractivity contribution in [1.82, 2.24) is 10.2 Å². The summed E-state index contributed by atoms with van der Waals surface area (Å²) in [5, 5.41) is 12.2. The number of methoxy groups -OCH3 is 2. The molecule has 8 nitrogen and oxygen atoms in total. The molecular formula is C6H8N4O4S. The van der Waals surface area contributed by atoms with E-state index in [1.807, 2.05) is 0 Å². The highest BCUT2D eigenvalue weighted by Gasteiger charge is 2.09. The van der Waals surface area contributed by atoms with Gasteiger partial charge in [-0.1, -0.05) is 11.3 Å². The molecule has 2 N–H and O–H groups in total. The van der Waals surface area contributed by atoms with Gasteiger partial charge in [0.1, 0.15) is 0 Å². The van der Waals surface area contributed by atoms with Crippen molar-refractivity contribution < 1.29 is 19.1 Å². The van der Waals surface area contributed by atoms with Crippen molar-refractivity contribution >= 4 is 33.8 Å². The molecule has 0 aromatic carbocycles. The van der Waals surface area contributed by atoms with Gasteiger partial charge in [-0.15, -0.1) is 10.2 Å². The van der Waals surface area contributed by atoms with Crippen LogP contribution in [-0.4, -0.2) is 36.6 Å². The van der Waals surface area contributed by atoms with Gasteiger partial charge < -0.3 is 9.47 Å². The molecule has 2 amide bonds. The van der Waals surface area contributed by atoms with Gasteiger partial charge in [0, 0.05) is 0 Å². The fourth-order valence-electron chi connectivity index (χ4n) is 0.601. The van der Waals surface area contributed by atoms with Crippen LogP contribution in [-0.2, 0) is 9.47 Å². The summed E-state index contributed by atoms with van der Waals surface area (Å²) in [4.78, 5) is 21.5. The standard InChI is InChI=1S/C6H8N4O4S/c1-13-5(11)7-3-9-10-4(15-3)8-6(12)14-2/h1-2H3,(H,7,9,11)(H,8,10,12). The second-order valence-electron chi connectivity index (χ2n) is 2.15. The predicted octanol–water partition coefficient (Wildman–Crippen LogP) is 0.895. The van der Waals surface area contributed by atoms with E-state index in [0.29, 0.717) is 0 Å². The zero-order chi connectivity index (χ0) is 11.3. The van der Waals surface area contributed by atoms with Crippen LogP contribution in [0.2, 0.25) is 0 Å². The van der Waals surface area contributed by atoms with Gasteiger partial charge in [0.25, 0.3) is 0 Å². The van der Waals surface area contributed by atoms with Crippen LogP contribution in [0.4, 0.5) is 19.9 Å². The van der Waals surface area contributed by atoms with Gasteiger partial charge in [0.2, 0.25) is 10.3 Å². The number of ether oxygens (including phenoxy) is 2. The van der Waals surface area contributed by atoms with E-state index in [1.165, 1.54) is 14.2 Å². The molecule has 15 heavy (non-hydrogen) atoms. The Hall–Kier alpha value is -1.90. The van der Waals surface area contributed by atoms with E-state index in [1.54, 1.807) is 0 Å². The Bertz CT molecular complexity index is 333. The lowest BCUT2D eigenvalue weighted by molar-refractivity contribution is 0.186. The molecule has 0 spiro atoms. The van der Waals surface area contributed by atoms with Crippen molar-refractivity contribution in [3.8, 4) is 0 Å². The number of anilines is 2. The van der Waals surface area contributed by atoms with E-state index in [2.05, 4.69) is 30.3 Å². The summed E-state index contributed by atoms with van der Waals surface area (Å²) in [6.45, 7) is 0. The van der Waals surface area contributed by atoms with Crippen molar-refractivity contribution in [3.63, 3.8) is 0 Å². The second-order valence-corrected chi connectivity index (χ2v) is 3.12. The molecule has 9 heteroatoms. The van der Waals surface area contributed by atoms with Gasteiger partial charge in [-0.25, -0.2) is 9.59 Å². The van der Waals surface area contributed by atoms with E-state index in [9.17, 15) is 9.59 Å². The first kappa shape index (κ1) is 11.2. The zero-order valence-electron chi connectivity index (χ0n) is 7.94. The molecule has 1 aromatic rings. The number of carbonyl (C=O) groups excluding carboxylic acids is 2. The summed E-state index contributed by atoms with van der Waals surface area (Å²) in [6, 6.07) is 0. The third-order valence-corrected chi connectivity index (χ3v) is 1.97. The van der Waals surface area contributed by atoms with Crippen molar-refractivity contribution in [2.24, 2.45) is 0 Å². The summed E-state index contributed by atoms with van der Waals surface area (Å²) >= 11 is 0.974. The average Bonchev–Trinajstić information content (AvgIpc) is 2.65. The smallest absolute Gasteiger partial charge is 0.413 e. The van der Waals surface area contributed by atoms with Gasteiger partial charge in [0.05, 0.1) is 14.2 Å². The largest absolute Gasteiger partial charge is 0.453 e. The van der Waals surface area contributed by atoms with Crippen LogP contribution in [0, 0.1) is 0 Å². The molecule has 0 aliphatic heterocycles. The monoisotopic (exact) mass is 232 g/mol. The third-order valence-electron chi connectivity index (χ3n) is 1.21. The zero-order valence-corrected chi connectivity index (χ0v) is 8.75. The minimum Gasteiger partial charge on any atom is -0.453 e. The Morgan fingerprint density at radius 2 is 1.47 bits per heavy atom. The number of nitrogens with one attached hydrogen (secondary N) is 2. The molecule has 0 aliphatic rings. The Kier molecular flexibility index (Phi) is 3.80. The second kappa shape index (κ2) is 5.10. The highest BCUT2D eigenvalue weighted by Crippen LogP contribution is 2.19. The molecule has 0 saturated carbocycles. The lowest BCUT2D eigenvalue weighted by Gasteiger charge is -1.97. The molecule has 0 unspecified atom stereocenters. The van der Waals surface area contributed by atoms with Gasteiger partial charge in [-0.3, -0.25) is 10.6 Å². The highest BCUT2D eigenvalue weighted by molar-refractivity contribution is 7.19. The lowest BCUT2D eigenvalue weighted by Crippen LogP contribution is -2.10. The summed E-state index contributed by atoms with van der Waals surface area (Å²) in [6.07, 6.45) is -1.31. The number of nitrogens with zero attached hydrogens (tertiary/aromatic N) is 2. The van der Waals surface area contributed by atoms with E-state index in [4.69, 9.17) is 0 Å². The summed E-state index contributed by atoms with van der Waals surface area (Å²) in [5.41, 5.74) is 0. The van der Waals surface area contributed by atoms with Crippen LogP contribution < -0.4 is 10.6 Å². The van der Waals surface area contributed by atoms with Crippen LogP contribution in [0.5, 0.6) is 0 Å². The maximum atomic E-state index is 10.8. The van der Waals surface area contributed by atoms with Crippen molar-refractivity contribution in [3.05, 3.63) is 0 Å². The highest BCUT2D eigenvalue weighted by atomic mass is 32.1. The molecule has 0 fully saturated rings. The molecule has 1 heterocycles. The number of aromatic nitrogens is 2. The van der Waals surface area contributed by atoms with Crippen LogP contribution in [0.15, 0.2) is 0 Å². The Labute approximate surface area is 88.6 Å². The number of amides is 2. The number of rotatable bonds is 2. The Morgan fingerprint density at radius 1 is 1.07 bits per heavy atom. The van der Waals surface area contributed by atoms with Crippen LogP contribution >= 0.6 is 11.3 Å². The molecule has 0 saturated heterocycles. The maximum absolute atomic E-state index is 10.8. The van der Waals surface area contributed by atoms with E-state index in [-0.39, 0.29) is 10.3 Å². The fraction of sp³-hybridized carbons (Fsp3) is 0.333. The van der Waals surface area contributed by atoms with Gasteiger partial charge in [-0.05, 0) is 0 Å². The number of hydrogen-bond donors (Lipinski definition) is 2. The predicted molar refractivity (Wildman–Crippen MR) is 52.0 cm³/mol. The minimum atomic E-state index is -0.657. The van der Waals surface area contributed by atoms with Gasteiger partial charge >= 0.3 is 12.2 Å². The van der Waals surface area contributed by atoms with E-state index >= 15 is 0 Å². The van der Waals surface area contributed by atoms with Crippen molar-refractivity contribution in [2.45, 2.75) is 0 Å². The quantitative estimate of drug-likeness (QED) is 0.785. The van der Waals surface area contributed by atoms with E-state index < -0.39 is 12.2 Å². The summed E-state index contributed by atoms with van der Waals surface area (Å²) < 4.78 is 8.68. The minimum absolute atomic E-state index is 0.216. The first-order chi connectivity index (χ1) is 7.15. The number of hydrogen-bond acceptors (Lipinski definition) is 7. The van der Waals surface area contributed by atoms with Crippen LogP contribution in [0.25, 0.3) is 0 Å². The Balaban J connectivity index is 2.56. The normalized spacial score (nSPS) is 9.20. The maximum Gasteiger partial charge on any atom is 0.413 e. The summed E-state index contributed by atoms with van der Waals surface area (Å²) in [5.74, 6) is 0. The first-order valence-corrected chi connectivity index (χ1v) is 4.50. The van der Waals surface area contributed by atoms with Gasteiger partial charge in [-0.2, -0.15) is 0 Å². The topological polar surface area (TPSA) is 102 Å². The first-order valence-electron chi connectivity index (χ1n) is 3.69. The molecule has 1 rings (SSSR count). The fourth-order valence-corrected chi connectivity index (χ4v) is 1.22. The molecular weight excluding hydrogens is 224 g/mol. The SMILES string of the molecule is COC(=O)Nc1nnc(NC(=O)OC)s1. The van der Waals surface area contributed by atoms with Crippen LogP contribution in [0.1, 0.15) is 0 Å². The Morgan fingerprint density at radius 3 is 1.80 bits per heavy atom. The summed E-state index contributed by atoms with van der Waals surface area (Å²) in [7, 11) is 2.45. The van der Waals surface area contributed by atoms with Gasteiger partial charge in [0.15, 0.2) is 0 Å². The van der Waals surface area contributed by atoms with E-state index in [0.717, 1.165) is 11.3 Å². The van der Waals surface area contributed by atoms with Crippen LogP contribution in [0.3, 0.4) is 0 Å². The third kappa shape index (κ3) is 3.38. The molecule has 0 bridgehead atoms. The van der Waals surface area contributed by atoms with Crippen molar-refractivity contribution in [1.29, 1.82) is 0 Å². The molecule has 0 atom stereocenters. The molecule has 82 valence electrons. The molecule has 0 radical (unpaired) electrons. The average molecular weight is 232 g/mol. The molecule has 1 aromatic heterocycles. The molecule has 0 aliphatic carbocycles. The lowest BCUT2D eigenvalue weighted by atomic mass is 11.0. The van der Waals surface area contributed by atoms with Crippen molar-refractivity contribution in [2.75, 3.05) is 24.9 Å².